The topological polar surface area (TPSA) is 60.7 Å². The molecule has 9 heteroatoms. The Bertz CT molecular complexity index is 731. The lowest BCUT2D eigenvalue weighted by Gasteiger charge is -2.49. The summed E-state index contributed by atoms with van der Waals surface area (Å²) < 4.78 is 78.3. The normalized spacial score (nSPS) is 30.9. The molecule has 0 saturated heterocycles. The van der Waals surface area contributed by atoms with Crippen LogP contribution in [0.25, 0.3) is 0 Å². The van der Waals surface area contributed by atoms with Gasteiger partial charge < -0.3 is 15.3 Å². The van der Waals surface area contributed by atoms with Gasteiger partial charge in [0.1, 0.15) is 0 Å². The second kappa shape index (κ2) is 9.23. The first kappa shape index (κ1) is 28.3. The molecular formula is C24H36F6O3. The van der Waals surface area contributed by atoms with Gasteiger partial charge >= 0.3 is 18.0 Å². The maximum atomic E-state index is 13.1. The smallest absolute Gasteiger partial charge is 0.393 e. The van der Waals surface area contributed by atoms with Gasteiger partial charge in [0.2, 0.25) is 0 Å². The Balaban J connectivity index is 2.39. The Labute approximate surface area is 191 Å². The lowest BCUT2D eigenvalue weighted by Crippen LogP contribution is -2.55. The summed E-state index contributed by atoms with van der Waals surface area (Å²) in [6.45, 7) is 7.16. The van der Waals surface area contributed by atoms with E-state index in [1.165, 1.54) is 0 Å². The summed E-state index contributed by atoms with van der Waals surface area (Å²) >= 11 is 0. The van der Waals surface area contributed by atoms with Crippen molar-refractivity contribution in [3.05, 3.63) is 0 Å². The van der Waals surface area contributed by atoms with Gasteiger partial charge in [0, 0.05) is 6.42 Å². The third-order valence-electron chi connectivity index (χ3n) is 8.05. The molecule has 1 unspecified atom stereocenters. The predicted molar refractivity (Wildman–Crippen MR) is 112 cm³/mol. The molecule has 2 aliphatic rings. The molecule has 0 aromatic carbocycles. The highest BCUT2D eigenvalue weighted by Crippen LogP contribution is 2.62. The number of hydrogen-bond acceptors (Lipinski definition) is 3. The summed E-state index contributed by atoms with van der Waals surface area (Å²) in [5.74, 6) is 3.14. The Hall–Kier alpha value is -0.980. The van der Waals surface area contributed by atoms with Crippen molar-refractivity contribution in [3.63, 3.8) is 0 Å². The van der Waals surface area contributed by atoms with Gasteiger partial charge in [-0.25, -0.2) is 0 Å². The minimum absolute atomic E-state index is 0.0279. The maximum Gasteiger partial charge on any atom is 0.438 e. The summed E-state index contributed by atoms with van der Waals surface area (Å²) in [6, 6.07) is 0. The van der Waals surface area contributed by atoms with Crippen molar-refractivity contribution in [1.82, 2.24) is 0 Å². The van der Waals surface area contributed by atoms with Gasteiger partial charge in [-0.2, -0.15) is 26.3 Å². The van der Waals surface area contributed by atoms with Gasteiger partial charge in [0.05, 0.1) is 11.7 Å². The van der Waals surface area contributed by atoms with Gasteiger partial charge in [-0.15, -0.1) is 0 Å². The van der Waals surface area contributed by atoms with Crippen LogP contribution in [0.5, 0.6) is 0 Å². The largest absolute Gasteiger partial charge is 0.438 e. The number of aliphatic hydroxyl groups is 3. The van der Waals surface area contributed by atoms with E-state index in [-0.39, 0.29) is 23.7 Å². The van der Waals surface area contributed by atoms with Crippen molar-refractivity contribution in [2.24, 2.45) is 22.7 Å². The summed E-state index contributed by atoms with van der Waals surface area (Å²) in [7, 11) is 0. The molecular weight excluding hydrogens is 450 g/mol. The van der Waals surface area contributed by atoms with E-state index in [1.54, 1.807) is 13.8 Å². The first-order valence-corrected chi connectivity index (χ1v) is 11.5. The van der Waals surface area contributed by atoms with Crippen LogP contribution in [0.15, 0.2) is 0 Å². The van der Waals surface area contributed by atoms with Crippen molar-refractivity contribution in [2.75, 3.05) is 0 Å². The monoisotopic (exact) mass is 486 g/mol. The fraction of sp³-hybridized carbons (Fsp3) is 0.917. The quantitative estimate of drug-likeness (QED) is 0.331. The number of hydrogen-bond donors (Lipinski definition) is 3. The number of halogens is 6. The molecule has 2 fully saturated rings. The average Bonchev–Trinajstić information content (AvgIpc) is 2.97. The molecule has 0 aliphatic heterocycles. The molecule has 0 heterocycles. The van der Waals surface area contributed by atoms with Crippen LogP contribution in [0.4, 0.5) is 26.3 Å². The minimum Gasteiger partial charge on any atom is -0.393 e. The van der Waals surface area contributed by atoms with E-state index >= 15 is 0 Å². The van der Waals surface area contributed by atoms with Crippen LogP contribution in [-0.2, 0) is 0 Å². The summed E-state index contributed by atoms with van der Waals surface area (Å²) in [5, 5.41) is 30.0. The number of rotatable bonds is 6. The SMILES string of the molecule is CC(C)(O)CCC[C@@](C)(CC#CC(O)(C(F)(F)F)C(F)(F)F)[C@H]1CCC2[C@@H](O)CCC[C@@]21C. The van der Waals surface area contributed by atoms with Crippen molar-refractivity contribution < 1.29 is 41.7 Å². The third-order valence-corrected chi connectivity index (χ3v) is 8.05. The van der Waals surface area contributed by atoms with Crippen LogP contribution in [-0.4, -0.2) is 45.0 Å². The van der Waals surface area contributed by atoms with Crippen LogP contribution >= 0.6 is 0 Å². The van der Waals surface area contributed by atoms with Crippen LogP contribution in [0.2, 0.25) is 0 Å². The Morgan fingerprint density at radius 1 is 0.909 bits per heavy atom. The fourth-order valence-corrected chi connectivity index (χ4v) is 6.28. The van der Waals surface area contributed by atoms with E-state index in [9.17, 15) is 41.7 Å². The van der Waals surface area contributed by atoms with E-state index in [1.807, 2.05) is 6.92 Å². The van der Waals surface area contributed by atoms with Crippen molar-refractivity contribution in [1.29, 1.82) is 0 Å². The molecule has 0 spiro atoms. The number of fused-ring (bicyclic) bond motifs is 1. The Morgan fingerprint density at radius 3 is 2.00 bits per heavy atom. The van der Waals surface area contributed by atoms with Gasteiger partial charge in [-0.1, -0.05) is 32.6 Å². The van der Waals surface area contributed by atoms with Crippen molar-refractivity contribution >= 4 is 0 Å². The molecule has 3 nitrogen and oxygen atoms in total. The average molecular weight is 487 g/mol. The highest BCUT2D eigenvalue weighted by atomic mass is 19.4. The fourth-order valence-electron chi connectivity index (χ4n) is 6.28. The summed E-state index contributed by atoms with van der Waals surface area (Å²) in [6.07, 6.45) is -7.55. The standard InChI is InChI=1S/C24H36F6O3/c1-19(2,32)11-6-12-20(3,13-7-15-22(33,23(25,26)27)24(28,29)30)18-10-9-16-17(31)8-5-14-21(16,18)4/h16-18,31-33H,5-6,8-14H2,1-4H3/t16?,17-,18+,20-,21-/m0/s1. The Morgan fingerprint density at radius 2 is 1.48 bits per heavy atom. The Kier molecular flexibility index (Phi) is 7.91. The van der Waals surface area contributed by atoms with E-state index < -0.39 is 35.1 Å². The first-order chi connectivity index (χ1) is 14.8. The molecule has 0 aromatic rings. The van der Waals surface area contributed by atoms with Gasteiger partial charge in [0.15, 0.2) is 0 Å². The maximum absolute atomic E-state index is 13.1. The lowest BCUT2D eigenvalue weighted by atomic mass is 9.56. The second-order valence-electron chi connectivity index (χ2n) is 11.2. The molecule has 33 heavy (non-hydrogen) atoms. The molecule has 0 amide bonds. The van der Waals surface area contributed by atoms with E-state index in [4.69, 9.17) is 0 Å². The molecule has 192 valence electrons. The second-order valence-corrected chi connectivity index (χ2v) is 11.2. The summed E-state index contributed by atoms with van der Waals surface area (Å²) in [4.78, 5) is 0. The van der Waals surface area contributed by atoms with E-state index in [2.05, 4.69) is 12.8 Å². The summed E-state index contributed by atoms with van der Waals surface area (Å²) in [5.41, 5.74) is -7.08. The molecule has 5 atom stereocenters. The van der Waals surface area contributed by atoms with E-state index in [0.29, 0.717) is 32.1 Å². The van der Waals surface area contributed by atoms with Gasteiger partial charge in [0.25, 0.3) is 0 Å². The highest BCUT2D eigenvalue weighted by molar-refractivity contribution is 5.22. The molecule has 2 aliphatic carbocycles. The first-order valence-electron chi connectivity index (χ1n) is 11.5. The zero-order chi connectivity index (χ0) is 25.5. The molecule has 2 rings (SSSR count). The molecule has 0 radical (unpaired) electrons. The van der Waals surface area contributed by atoms with Gasteiger partial charge in [-0.05, 0) is 81.0 Å². The molecule has 2 saturated carbocycles. The minimum atomic E-state index is -5.98. The van der Waals surface area contributed by atoms with Crippen LogP contribution in [0.1, 0.15) is 85.5 Å². The third kappa shape index (κ3) is 5.82. The van der Waals surface area contributed by atoms with Crippen LogP contribution in [0.3, 0.4) is 0 Å². The van der Waals surface area contributed by atoms with Crippen molar-refractivity contribution in [2.45, 2.75) is 115 Å². The zero-order valence-corrected chi connectivity index (χ0v) is 19.7. The predicted octanol–water partition coefficient (Wildman–Crippen LogP) is 5.76. The van der Waals surface area contributed by atoms with Crippen LogP contribution in [0, 0.1) is 34.5 Å². The van der Waals surface area contributed by atoms with Crippen LogP contribution < -0.4 is 0 Å². The number of alkyl halides is 6. The highest BCUT2D eigenvalue weighted by Gasteiger charge is 2.70. The van der Waals surface area contributed by atoms with Crippen molar-refractivity contribution in [3.8, 4) is 11.8 Å². The lowest BCUT2D eigenvalue weighted by molar-refractivity contribution is -0.343. The molecule has 3 N–H and O–H groups in total. The molecule has 0 bridgehead atoms. The number of aliphatic hydroxyl groups excluding tert-OH is 1. The van der Waals surface area contributed by atoms with Gasteiger partial charge in [-0.3, -0.25) is 0 Å². The zero-order valence-electron chi connectivity index (χ0n) is 19.7. The molecule has 0 aromatic heterocycles. The van der Waals surface area contributed by atoms with E-state index in [0.717, 1.165) is 25.2 Å².